The standard InChI is InChI=1S/C14H18O3/c1-8-4-5-10-6-11(14(16)17-3)7-12(15)13(10)9(8)2/h4-5,7-10,13H,6H2,1-3H3/t8-,9-,10-,13+/m0/s1. The molecule has 0 N–H and O–H groups in total. The number of carbonyl (C=O) groups is 2. The van der Waals surface area contributed by atoms with E-state index >= 15 is 0 Å². The molecule has 17 heavy (non-hydrogen) atoms. The predicted molar refractivity (Wildman–Crippen MR) is 64.2 cm³/mol. The molecule has 0 amide bonds. The average Bonchev–Trinajstić information content (AvgIpc) is 2.32. The van der Waals surface area contributed by atoms with E-state index in [9.17, 15) is 9.59 Å². The van der Waals surface area contributed by atoms with Crippen LogP contribution in [0.25, 0.3) is 0 Å². The van der Waals surface area contributed by atoms with Gasteiger partial charge in [-0.2, -0.15) is 0 Å². The maximum atomic E-state index is 12.1. The molecule has 92 valence electrons. The SMILES string of the molecule is COC(=O)C1=CC(=O)[C@@H]2[C@@H](C)[C@@H](C)C=C[C@H]2C1. The molecule has 2 aliphatic rings. The number of allylic oxidation sites excluding steroid dienone is 3. The van der Waals surface area contributed by atoms with Crippen molar-refractivity contribution in [2.24, 2.45) is 23.7 Å². The second-order valence-electron chi connectivity index (χ2n) is 5.06. The molecule has 0 unspecified atom stereocenters. The molecule has 2 aliphatic carbocycles. The maximum absolute atomic E-state index is 12.1. The van der Waals surface area contributed by atoms with E-state index in [0.717, 1.165) is 0 Å². The highest BCUT2D eigenvalue weighted by Gasteiger charge is 2.39. The lowest BCUT2D eigenvalue weighted by Gasteiger charge is -2.37. The molecule has 0 radical (unpaired) electrons. The summed E-state index contributed by atoms with van der Waals surface area (Å²) in [7, 11) is 1.35. The third-order valence-corrected chi connectivity index (χ3v) is 4.07. The topological polar surface area (TPSA) is 43.4 Å². The molecule has 0 saturated heterocycles. The Morgan fingerprint density at radius 2 is 2.06 bits per heavy atom. The summed E-state index contributed by atoms with van der Waals surface area (Å²) in [4.78, 5) is 23.6. The molecular weight excluding hydrogens is 216 g/mol. The molecule has 0 saturated carbocycles. The number of carbonyl (C=O) groups excluding carboxylic acids is 2. The molecule has 0 aromatic carbocycles. The zero-order chi connectivity index (χ0) is 12.6. The average molecular weight is 234 g/mol. The summed E-state index contributed by atoms with van der Waals surface area (Å²) in [5.74, 6) is 0.652. The fourth-order valence-electron chi connectivity index (χ4n) is 2.85. The summed E-state index contributed by atoms with van der Waals surface area (Å²) in [6, 6.07) is 0. The molecule has 3 nitrogen and oxygen atoms in total. The number of rotatable bonds is 1. The minimum Gasteiger partial charge on any atom is -0.466 e. The summed E-state index contributed by atoms with van der Waals surface area (Å²) >= 11 is 0. The molecule has 0 aliphatic heterocycles. The third kappa shape index (κ3) is 2.06. The van der Waals surface area contributed by atoms with Gasteiger partial charge in [-0.1, -0.05) is 26.0 Å². The van der Waals surface area contributed by atoms with Crippen LogP contribution in [-0.2, 0) is 14.3 Å². The first-order valence-corrected chi connectivity index (χ1v) is 6.05. The lowest BCUT2D eigenvalue weighted by atomic mass is 9.66. The number of esters is 1. The minimum atomic E-state index is -0.378. The number of hydrogen-bond acceptors (Lipinski definition) is 3. The van der Waals surface area contributed by atoms with Gasteiger partial charge in [-0.15, -0.1) is 0 Å². The van der Waals surface area contributed by atoms with Crippen LogP contribution in [0.4, 0.5) is 0 Å². The van der Waals surface area contributed by atoms with Gasteiger partial charge in [0.25, 0.3) is 0 Å². The van der Waals surface area contributed by atoms with Crippen LogP contribution >= 0.6 is 0 Å². The number of fused-ring (bicyclic) bond motifs is 1. The summed E-state index contributed by atoms with van der Waals surface area (Å²) in [6.45, 7) is 4.24. The molecular formula is C14H18O3. The normalized spacial score (nSPS) is 36.2. The van der Waals surface area contributed by atoms with E-state index in [1.165, 1.54) is 13.2 Å². The zero-order valence-electron chi connectivity index (χ0n) is 10.5. The van der Waals surface area contributed by atoms with Crippen molar-refractivity contribution in [1.82, 2.24) is 0 Å². The highest BCUT2D eigenvalue weighted by molar-refractivity contribution is 6.02. The van der Waals surface area contributed by atoms with Crippen molar-refractivity contribution in [2.45, 2.75) is 20.3 Å². The lowest BCUT2D eigenvalue weighted by Crippen LogP contribution is -2.37. The van der Waals surface area contributed by atoms with Crippen LogP contribution in [0.2, 0.25) is 0 Å². The summed E-state index contributed by atoms with van der Waals surface area (Å²) in [5, 5.41) is 0. The molecule has 0 heterocycles. The third-order valence-electron chi connectivity index (χ3n) is 4.07. The Hall–Kier alpha value is -1.38. The Labute approximate surface area is 102 Å². The number of hydrogen-bond donors (Lipinski definition) is 0. The molecule has 0 spiro atoms. The Bertz CT molecular complexity index is 406. The van der Waals surface area contributed by atoms with Crippen LogP contribution in [0.1, 0.15) is 20.3 Å². The van der Waals surface area contributed by atoms with Crippen molar-refractivity contribution in [3.8, 4) is 0 Å². The summed E-state index contributed by atoms with van der Waals surface area (Å²) in [6.07, 6.45) is 6.34. The minimum absolute atomic E-state index is 0.0309. The van der Waals surface area contributed by atoms with Crippen molar-refractivity contribution in [1.29, 1.82) is 0 Å². The zero-order valence-corrected chi connectivity index (χ0v) is 10.5. The van der Waals surface area contributed by atoms with Gasteiger partial charge in [0.05, 0.1) is 7.11 Å². The molecule has 0 aromatic heterocycles. The Kier molecular flexibility index (Phi) is 3.18. The largest absolute Gasteiger partial charge is 0.466 e. The van der Waals surface area contributed by atoms with Gasteiger partial charge in [-0.05, 0) is 30.3 Å². The number of methoxy groups -OCH3 is 1. The van der Waals surface area contributed by atoms with Gasteiger partial charge < -0.3 is 4.74 Å². The Balaban J connectivity index is 2.28. The molecule has 4 atom stereocenters. The monoisotopic (exact) mass is 234 g/mol. The van der Waals surface area contributed by atoms with E-state index in [1.807, 2.05) is 0 Å². The van der Waals surface area contributed by atoms with Gasteiger partial charge in [0, 0.05) is 11.5 Å². The van der Waals surface area contributed by atoms with E-state index in [4.69, 9.17) is 0 Å². The van der Waals surface area contributed by atoms with Gasteiger partial charge in [0.1, 0.15) is 0 Å². The van der Waals surface area contributed by atoms with Crippen molar-refractivity contribution >= 4 is 11.8 Å². The first kappa shape index (κ1) is 12.1. The number of ether oxygens (including phenoxy) is 1. The van der Waals surface area contributed by atoms with Crippen molar-refractivity contribution < 1.29 is 14.3 Å². The molecule has 3 heteroatoms. The van der Waals surface area contributed by atoms with E-state index in [2.05, 4.69) is 30.7 Å². The van der Waals surface area contributed by atoms with Gasteiger partial charge in [0.15, 0.2) is 5.78 Å². The quantitative estimate of drug-likeness (QED) is 0.515. The number of ketones is 1. The van der Waals surface area contributed by atoms with E-state index in [1.54, 1.807) is 0 Å². The van der Waals surface area contributed by atoms with E-state index < -0.39 is 0 Å². The Morgan fingerprint density at radius 3 is 2.71 bits per heavy atom. The second kappa shape index (κ2) is 4.47. The second-order valence-corrected chi connectivity index (χ2v) is 5.06. The molecule has 2 rings (SSSR count). The van der Waals surface area contributed by atoms with Gasteiger partial charge in [-0.25, -0.2) is 4.79 Å². The Morgan fingerprint density at radius 1 is 1.35 bits per heavy atom. The summed E-state index contributed by atoms with van der Waals surface area (Å²) < 4.78 is 4.68. The van der Waals surface area contributed by atoms with Crippen LogP contribution in [0.3, 0.4) is 0 Å². The van der Waals surface area contributed by atoms with Crippen LogP contribution in [0.5, 0.6) is 0 Å². The molecule has 0 aromatic rings. The van der Waals surface area contributed by atoms with E-state index in [0.29, 0.717) is 23.8 Å². The van der Waals surface area contributed by atoms with E-state index in [-0.39, 0.29) is 23.6 Å². The molecule has 0 fully saturated rings. The van der Waals surface area contributed by atoms with Crippen LogP contribution in [-0.4, -0.2) is 18.9 Å². The fraction of sp³-hybridized carbons (Fsp3) is 0.571. The highest BCUT2D eigenvalue weighted by atomic mass is 16.5. The van der Waals surface area contributed by atoms with Gasteiger partial charge in [0.2, 0.25) is 0 Å². The van der Waals surface area contributed by atoms with Crippen molar-refractivity contribution in [2.75, 3.05) is 7.11 Å². The fourth-order valence-corrected chi connectivity index (χ4v) is 2.85. The first-order valence-electron chi connectivity index (χ1n) is 6.05. The maximum Gasteiger partial charge on any atom is 0.333 e. The van der Waals surface area contributed by atoms with Crippen LogP contribution in [0, 0.1) is 23.7 Å². The first-order chi connectivity index (χ1) is 8.04. The summed E-state index contributed by atoms with van der Waals surface area (Å²) in [5.41, 5.74) is 0.505. The van der Waals surface area contributed by atoms with Gasteiger partial charge in [-0.3, -0.25) is 4.79 Å². The lowest BCUT2D eigenvalue weighted by molar-refractivity contribution is -0.137. The van der Waals surface area contributed by atoms with Crippen molar-refractivity contribution in [3.63, 3.8) is 0 Å². The molecule has 0 bridgehead atoms. The van der Waals surface area contributed by atoms with Crippen LogP contribution < -0.4 is 0 Å². The van der Waals surface area contributed by atoms with Crippen molar-refractivity contribution in [3.05, 3.63) is 23.8 Å². The smallest absolute Gasteiger partial charge is 0.333 e. The van der Waals surface area contributed by atoms with Crippen LogP contribution in [0.15, 0.2) is 23.8 Å². The predicted octanol–water partition coefficient (Wildman–Crippen LogP) is 2.13. The van der Waals surface area contributed by atoms with Gasteiger partial charge >= 0.3 is 5.97 Å². The highest BCUT2D eigenvalue weighted by Crippen LogP contribution is 2.40.